The first-order valence-corrected chi connectivity index (χ1v) is 6.29. The molecule has 1 aliphatic rings. The summed E-state index contributed by atoms with van der Waals surface area (Å²) >= 11 is 0. The third-order valence-corrected chi connectivity index (χ3v) is 3.67. The van der Waals surface area contributed by atoms with Crippen molar-refractivity contribution in [3.63, 3.8) is 0 Å². The van der Waals surface area contributed by atoms with E-state index in [1.165, 1.54) is 0 Å². The minimum Gasteiger partial charge on any atom is -0.344 e. The van der Waals surface area contributed by atoms with Crippen molar-refractivity contribution in [2.24, 2.45) is 7.05 Å². The number of nitrogens with zero attached hydrogens (tertiary/aromatic N) is 2. The summed E-state index contributed by atoms with van der Waals surface area (Å²) in [7, 11) is 1.95. The number of aromatic nitrogens is 1. The molecule has 1 aromatic rings. The first kappa shape index (κ1) is 12.2. The van der Waals surface area contributed by atoms with Crippen LogP contribution < -0.4 is 5.32 Å². The molecule has 1 saturated heterocycles. The van der Waals surface area contributed by atoms with E-state index >= 15 is 0 Å². The molecule has 0 saturated carbocycles. The third-order valence-electron chi connectivity index (χ3n) is 3.67. The Labute approximate surface area is 103 Å². The number of nitrogens with one attached hydrogen (secondary N) is 1. The maximum absolute atomic E-state index is 12.5. The molecular weight excluding hydrogens is 214 g/mol. The lowest BCUT2D eigenvalue weighted by Gasteiger charge is -2.27. The summed E-state index contributed by atoms with van der Waals surface area (Å²) in [6.45, 7) is 6.77. The molecule has 1 fully saturated rings. The summed E-state index contributed by atoms with van der Waals surface area (Å²) in [5.74, 6) is 0.150. The van der Waals surface area contributed by atoms with Gasteiger partial charge in [0.1, 0.15) is 5.69 Å². The molecule has 1 aliphatic heterocycles. The van der Waals surface area contributed by atoms with Gasteiger partial charge in [0.25, 0.3) is 5.91 Å². The zero-order valence-electron chi connectivity index (χ0n) is 10.9. The maximum Gasteiger partial charge on any atom is 0.270 e. The molecule has 1 unspecified atom stereocenters. The highest BCUT2D eigenvalue weighted by atomic mass is 16.2. The topological polar surface area (TPSA) is 37.3 Å². The van der Waals surface area contributed by atoms with Crippen LogP contribution in [-0.4, -0.2) is 41.1 Å². The second-order valence-corrected chi connectivity index (χ2v) is 4.66. The minimum atomic E-state index is 0.150. The Morgan fingerprint density at radius 3 is 2.82 bits per heavy atom. The Kier molecular flexibility index (Phi) is 3.52. The van der Waals surface area contributed by atoms with Crippen LogP contribution in [0, 0.1) is 6.92 Å². The Bertz CT molecular complexity index is 405. The molecule has 1 N–H and O–H groups in total. The van der Waals surface area contributed by atoms with Crippen molar-refractivity contribution in [2.45, 2.75) is 26.3 Å². The molecular formula is C13H21N3O. The fourth-order valence-electron chi connectivity index (χ4n) is 2.45. The molecule has 94 valence electrons. The van der Waals surface area contributed by atoms with Gasteiger partial charge in [0, 0.05) is 31.9 Å². The van der Waals surface area contributed by atoms with Crippen LogP contribution in [-0.2, 0) is 7.05 Å². The van der Waals surface area contributed by atoms with Crippen LogP contribution in [0.1, 0.15) is 29.5 Å². The zero-order chi connectivity index (χ0) is 12.4. The number of carbonyl (C=O) groups is 1. The molecule has 17 heavy (non-hydrogen) atoms. The number of amides is 1. The van der Waals surface area contributed by atoms with Crippen molar-refractivity contribution in [3.8, 4) is 0 Å². The highest BCUT2D eigenvalue weighted by Crippen LogP contribution is 2.14. The van der Waals surface area contributed by atoms with Gasteiger partial charge in [0.15, 0.2) is 0 Å². The molecule has 1 aromatic heterocycles. The highest BCUT2D eigenvalue weighted by Gasteiger charge is 2.27. The maximum atomic E-state index is 12.5. The zero-order valence-corrected chi connectivity index (χ0v) is 10.9. The first-order chi connectivity index (χ1) is 8.15. The van der Waals surface area contributed by atoms with E-state index in [4.69, 9.17) is 0 Å². The molecule has 1 amide bonds. The van der Waals surface area contributed by atoms with E-state index < -0.39 is 0 Å². The SMILES string of the molecule is CCN(C(=O)c1ccc(C)n1C)C1CCNC1. The number of aryl methyl sites for hydroxylation is 1. The van der Waals surface area contributed by atoms with Crippen LogP contribution in [0.4, 0.5) is 0 Å². The minimum absolute atomic E-state index is 0.150. The molecule has 0 spiro atoms. The van der Waals surface area contributed by atoms with E-state index in [2.05, 4.69) is 5.32 Å². The van der Waals surface area contributed by atoms with Gasteiger partial charge in [-0.05, 0) is 38.9 Å². The van der Waals surface area contributed by atoms with E-state index in [-0.39, 0.29) is 5.91 Å². The lowest BCUT2D eigenvalue weighted by Crippen LogP contribution is -2.42. The molecule has 0 aromatic carbocycles. The summed E-state index contributed by atoms with van der Waals surface area (Å²) in [5.41, 5.74) is 1.91. The molecule has 2 rings (SSSR count). The van der Waals surface area contributed by atoms with Crippen LogP contribution in [0.3, 0.4) is 0 Å². The smallest absolute Gasteiger partial charge is 0.270 e. The quantitative estimate of drug-likeness (QED) is 0.853. The van der Waals surface area contributed by atoms with Gasteiger partial charge in [-0.1, -0.05) is 0 Å². The van der Waals surface area contributed by atoms with Gasteiger partial charge in [-0.3, -0.25) is 4.79 Å². The Hall–Kier alpha value is -1.29. The van der Waals surface area contributed by atoms with Gasteiger partial charge in [-0.25, -0.2) is 0 Å². The summed E-state index contributed by atoms with van der Waals surface area (Å²) < 4.78 is 1.97. The average Bonchev–Trinajstić information content (AvgIpc) is 2.92. The molecule has 0 radical (unpaired) electrons. The number of hydrogen-bond acceptors (Lipinski definition) is 2. The lowest BCUT2D eigenvalue weighted by molar-refractivity contribution is 0.0693. The van der Waals surface area contributed by atoms with Gasteiger partial charge in [0.2, 0.25) is 0 Å². The number of hydrogen-bond donors (Lipinski definition) is 1. The molecule has 2 heterocycles. The lowest BCUT2D eigenvalue weighted by atomic mass is 10.2. The van der Waals surface area contributed by atoms with Crippen molar-refractivity contribution in [3.05, 3.63) is 23.5 Å². The van der Waals surface area contributed by atoms with E-state index in [9.17, 15) is 4.79 Å². The molecule has 4 heteroatoms. The first-order valence-electron chi connectivity index (χ1n) is 6.29. The fourth-order valence-corrected chi connectivity index (χ4v) is 2.45. The van der Waals surface area contributed by atoms with Crippen LogP contribution in [0.15, 0.2) is 12.1 Å². The van der Waals surface area contributed by atoms with E-state index in [0.717, 1.165) is 37.4 Å². The Morgan fingerprint density at radius 2 is 2.35 bits per heavy atom. The number of rotatable bonds is 3. The Balaban J connectivity index is 2.19. The normalized spacial score (nSPS) is 19.6. The molecule has 1 atom stereocenters. The largest absolute Gasteiger partial charge is 0.344 e. The van der Waals surface area contributed by atoms with Crippen molar-refractivity contribution in [1.82, 2.24) is 14.8 Å². The molecule has 4 nitrogen and oxygen atoms in total. The number of likely N-dealkylation sites (N-methyl/N-ethyl adjacent to an activating group) is 1. The predicted octanol–water partition coefficient (Wildman–Crippen LogP) is 1.16. The van der Waals surface area contributed by atoms with Crippen LogP contribution in [0.5, 0.6) is 0 Å². The average molecular weight is 235 g/mol. The van der Waals surface area contributed by atoms with Crippen LogP contribution >= 0.6 is 0 Å². The summed E-state index contributed by atoms with van der Waals surface area (Å²) in [5, 5.41) is 3.31. The summed E-state index contributed by atoms with van der Waals surface area (Å²) in [6, 6.07) is 4.26. The monoisotopic (exact) mass is 235 g/mol. The van der Waals surface area contributed by atoms with E-state index in [0.29, 0.717) is 6.04 Å². The van der Waals surface area contributed by atoms with Gasteiger partial charge in [-0.15, -0.1) is 0 Å². The van der Waals surface area contributed by atoms with Gasteiger partial charge in [0.05, 0.1) is 0 Å². The Morgan fingerprint density at radius 1 is 1.59 bits per heavy atom. The van der Waals surface area contributed by atoms with E-state index in [1.54, 1.807) is 0 Å². The van der Waals surface area contributed by atoms with Gasteiger partial charge in [-0.2, -0.15) is 0 Å². The summed E-state index contributed by atoms with van der Waals surface area (Å²) in [6.07, 6.45) is 1.06. The summed E-state index contributed by atoms with van der Waals surface area (Å²) in [4.78, 5) is 14.5. The van der Waals surface area contributed by atoms with E-state index in [1.807, 2.05) is 42.5 Å². The van der Waals surface area contributed by atoms with Crippen molar-refractivity contribution in [1.29, 1.82) is 0 Å². The third kappa shape index (κ3) is 2.22. The molecule has 0 aliphatic carbocycles. The second-order valence-electron chi connectivity index (χ2n) is 4.66. The van der Waals surface area contributed by atoms with Crippen LogP contribution in [0.2, 0.25) is 0 Å². The van der Waals surface area contributed by atoms with Crippen molar-refractivity contribution in [2.75, 3.05) is 19.6 Å². The highest BCUT2D eigenvalue weighted by molar-refractivity contribution is 5.93. The predicted molar refractivity (Wildman–Crippen MR) is 68.1 cm³/mol. The second kappa shape index (κ2) is 4.92. The molecule has 0 bridgehead atoms. The van der Waals surface area contributed by atoms with Crippen molar-refractivity contribution >= 4 is 5.91 Å². The standard InChI is InChI=1S/C13H21N3O/c1-4-16(11-7-8-14-9-11)13(17)12-6-5-10(2)15(12)3/h5-6,11,14H,4,7-9H2,1-3H3. The fraction of sp³-hybridized carbons (Fsp3) is 0.615. The van der Waals surface area contributed by atoms with Crippen molar-refractivity contribution < 1.29 is 4.79 Å². The van der Waals surface area contributed by atoms with Crippen LogP contribution in [0.25, 0.3) is 0 Å². The van der Waals surface area contributed by atoms with Gasteiger partial charge < -0.3 is 14.8 Å². The number of carbonyl (C=O) groups excluding carboxylic acids is 1. The van der Waals surface area contributed by atoms with Gasteiger partial charge >= 0.3 is 0 Å².